The molecule has 1 heterocycles. The molecule has 1 aliphatic carbocycles. The second-order valence-electron chi connectivity index (χ2n) is 11.3. The highest BCUT2D eigenvalue weighted by molar-refractivity contribution is 7.99. The van der Waals surface area contributed by atoms with E-state index in [0.29, 0.717) is 23.5 Å². The fourth-order valence-corrected chi connectivity index (χ4v) is 6.65. The summed E-state index contributed by atoms with van der Waals surface area (Å²) in [6.45, 7) is 3.38. The molecular formula is C37H35F3O7S2. The summed E-state index contributed by atoms with van der Waals surface area (Å²) < 4.78 is 51.4. The Kier molecular flexibility index (Phi) is 12.6. The molecule has 3 aromatic rings. The normalized spacial score (nSPS) is 14.3. The maximum Gasteiger partial charge on any atom is 0.416 e. The minimum atomic E-state index is -4.68. The highest BCUT2D eigenvalue weighted by Crippen LogP contribution is 2.38. The smallest absolute Gasteiger partial charge is 0.416 e. The molecule has 0 saturated heterocycles. The Balaban J connectivity index is 1.66. The van der Waals surface area contributed by atoms with Crippen molar-refractivity contribution in [3.8, 4) is 5.75 Å². The molecule has 12 heteroatoms. The number of phenolic OH excluding ortho intramolecular Hbond substituents is 1. The number of alkyl halides is 3. The van der Waals surface area contributed by atoms with Gasteiger partial charge < -0.3 is 19.4 Å². The van der Waals surface area contributed by atoms with Gasteiger partial charge in [0.05, 0.1) is 35.5 Å². The Labute approximate surface area is 291 Å². The van der Waals surface area contributed by atoms with Gasteiger partial charge in [-0.15, -0.1) is 11.8 Å². The predicted molar refractivity (Wildman–Crippen MR) is 187 cm³/mol. The zero-order valence-corrected chi connectivity index (χ0v) is 28.6. The number of ketones is 1. The number of rotatable bonds is 13. The number of aliphatic hydroxyl groups excluding tert-OH is 1. The Bertz CT molecular complexity index is 1890. The lowest BCUT2D eigenvalue weighted by Crippen LogP contribution is -2.27. The number of Topliss-reactive ketones (excluding diaryl/α,β-unsaturated/α-hetero) is 1. The van der Waals surface area contributed by atoms with Crippen molar-refractivity contribution < 1.29 is 42.1 Å². The van der Waals surface area contributed by atoms with Crippen LogP contribution in [0.4, 0.5) is 13.2 Å². The molecule has 2 atom stereocenters. The summed E-state index contributed by atoms with van der Waals surface area (Å²) >= 11 is 6.73. The van der Waals surface area contributed by atoms with E-state index in [1.165, 1.54) is 43.0 Å². The van der Waals surface area contributed by atoms with Crippen LogP contribution in [0.1, 0.15) is 93.2 Å². The maximum atomic E-state index is 13.9. The van der Waals surface area contributed by atoms with Crippen LogP contribution < -0.4 is 5.43 Å². The number of fused-ring (bicyclic) bond motifs is 1. The number of carbonyl (C=O) groups excluding carboxylic acids is 2. The number of esters is 1. The average molecular weight is 713 g/mol. The topological polar surface area (TPSA) is 114 Å². The lowest BCUT2D eigenvalue weighted by molar-refractivity contribution is -0.137. The van der Waals surface area contributed by atoms with Gasteiger partial charge >= 0.3 is 12.1 Å². The third-order valence-electron chi connectivity index (χ3n) is 7.86. The van der Waals surface area contributed by atoms with Crippen molar-refractivity contribution in [3.63, 3.8) is 0 Å². The molecule has 258 valence electrons. The molecule has 49 heavy (non-hydrogen) atoms. The molecule has 0 unspecified atom stereocenters. The van der Waals surface area contributed by atoms with E-state index in [2.05, 4.69) is 0 Å². The molecule has 1 aromatic heterocycles. The van der Waals surface area contributed by atoms with Crippen LogP contribution in [-0.4, -0.2) is 39.7 Å². The van der Waals surface area contributed by atoms with Crippen molar-refractivity contribution in [1.29, 1.82) is 0 Å². The number of ether oxygens (including phenoxy) is 1. The largest absolute Gasteiger partial charge is 0.507 e. The van der Waals surface area contributed by atoms with E-state index in [1.807, 2.05) is 19.1 Å². The van der Waals surface area contributed by atoms with Crippen molar-refractivity contribution in [3.05, 3.63) is 122 Å². The van der Waals surface area contributed by atoms with Crippen LogP contribution in [0.5, 0.6) is 5.75 Å². The van der Waals surface area contributed by atoms with Crippen molar-refractivity contribution in [1.82, 2.24) is 0 Å². The molecular weight excluding hydrogens is 678 g/mol. The molecule has 0 radical (unpaired) electrons. The number of aromatic hydroxyl groups is 1. The van der Waals surface area contributed by atoms with E-state index in [1.54, 1.807) is 18.2 Å². The average Bonchev–Trinajstić information content (AvgIpc) is 3.06. The van der Waals surface area contributed by atoms with Crippen LogP contribution in [0.15, 0.2) is 80.9 Å². The van der Waals surface area contributed by atoms with Crippen LogP contribution in [0.25, 0.3) is 6.08 Å². The fourth-order valence-electron chi connectivity index (χ4n) is 5.44. The van der Waals surface area contributed by atoms with E-state index in [9.17, 15) is 37.8 Å². The summed E-state index contributed by atoms with van der Waals surface area (Å²) in [5, 5.41) is 22.2. The van der Waals surface area contributed by atoms with Gasteiger partial charge in [0.2, 0.25) is 5.76 Å². The third kappa shape index (κ3) is 8.86. The van der Waals surface area contributed by atoms with Crippen LogP contribution >= 0.6 is 24.0 Å². The molecule has 0 bridgehead atoms. The van der Waals surface area contributed by atoms with E-state index in [0.717, 1.165) is 42.2 Å². The zero-order chi connectivity index (χ0) is 35.9. The first-order valence-electron chi connectivity index (χ1n) is 15.4. The quantitative estimate of drug-likeness (QED) is 0.0451. The van der Waals surface area contributed by atoms with E-state index >= 15 is 0 Å². The lowest BCUT2D eigenvalue weighted by Gasteiger charge is -2.23. The first-order chi connectivity index (χ1) is 23.3. The first kappa shape index (κ1) is 37.6. The molecule has 2 aromatic carbocycles. The number of phenols is 1. The standard InChI is InChI=1S/C37H35F3O7S2/c1-4-10-27-30(17-16-25(21(2)41)33(27)43)49-18-8-6-5-7-13-28(32(42)22-11-9-12-23(19-22)37(38,39)40)31-34(44)26-15-14-24(48)20-29(26)47-35(31)36(45)46-3/h5-7,9,11-17,19,28,32,42-43H,4,8,10,18,20H2,1-3H3/b6-5-,13-7+/t28-,32-/m0/s1. The molecule has 0 amide bonds. The molecule has 4 rings (SSSR count). The summed E-state index contributed by atoms with van der Waals surface area (Å²) in [4.78, 5) is 40.0. The number of thioether (sulfide) groups is 1. The zero-order valence-electron chi connectivity index (χ0n) is 27.0. The number of methoxy groups -OCH3 is 1. The summed E-state index contributed by atoms with van der Waals surface area (Å²) in [5.74, 6) is -2.26. The number of thiocarbonyl (C=S) groups is 1. The number of hydrogen-bond acceptors (Lipinski definition) is 9. The monoisotopic (exact) mass is 712 g/mol. The minimum Gasteiger partial charge on any atom is -0.507 e. The second kappa shape index (κ2) is 16.4. The van der Waals surface area contributed by atoms with Crippen molar-refractivity contribution in [2.45, 2.75) is 62.6 Å². The lowest BCUT2D eigenvalue weighted by atomic mass is 9.85. The van der Waals surface area contributed by atoms with Gasteiger partial charge in [-0.1, -0.05) is 62.0 Å². The number of aliphatic hydroxyl groups is 1. The Morgan fingerprint density at radius 3 is 2.59 bits per heavy atom. The third-order valence-corrected chi connectivity index (χ3v) is 9.27. The number of halogens is 3. The Morgan fingerprint density at radius 1 is 1.16 bits per heavy atom. The van der Waals surface area contributed by atoms with E-state index in [-0.39, 0.29) is 46.0 Å². The molecule has 0 saturated carbocycles. The van der Waals surface area contributed by atoms with Crippen LogP contribution in [0, 0.1) is 0 Å². The van der Waals surface area contributed by atoms with Crippen LogP contribution in [0.2, 0.25) is 0 Å². The van der Waals surface area contributed by atoms with E-state index < -0.39 is 40.9 Å². The van der Waals surface area contributed by atoms with Crippen LogP contribution in [0.3, 0.4) is 0 Å². The molecule has 7 nitrogen and oxygen atoms in total. The number of benzene rings is 2. The summed E-state index contributed by atoms with van der Waals surface area (Å²) in [6, 6.07) is 7.55. The summed E-state index contributed by atoms with van der Waals surface area (Å²) in [5.41, 5.74) is -0.925. The van der Waals surface area contributed by atoms with Gasteiger partial charge in [-0.25, -0.2) is 4.79 Å². The molecule has 1 aliphatic rings. The Morgan fingerprint density at radius 2 is 1.92 bits per heavy atom. The van der Waals surface area contributed by atoms with Gasteiger partial charge in [-0.2, -0.15) is 13.2 Å². The van der Waals surface area contributed by atoms with Gasteiger partial charge in [-0.05, 0) is 61.7 Å². The minimum absolute atomic E-state index is 0.000578. The van der Waals surface area contributed by atoms with Crippen molar-refractivity contribution in [2.24, 2.45) is 0 Å². The van der Waals surface area contributed by atoms with Crippen molar-refractivity contribution >= 4 is 46.7 Å². The molecule has 2 N–H and O–H groups in total. The summed E-state index contributed by atoms with van der Waals surface area (Å²) in [7, 11) is 1.09. The molecule has 0 aliphatic heterocycles. The van der Waals surface area contributed by atoms with Gasteiger partial charge in [0.25, 0.3) is 0 Å². The van der Waals surface area contributed by atoms with Crippen LogP contribution in [-0.2, 0) is 23.8 Å². The number of hydrogen-bond donors (Lipinski definition) is 2. The number of carbonyl (C=O) groups is 2. The highest BCUT2D eigenvalue weighted by Gasteiger charge is 2.35. The van der Waals surface area contributed by atoms with Gasteiger partial charge in [0.1, 0.15) is 11.5 Å². The first-order valence-corrected chi connectivity index (χ1v) is 16.8. The highest BCUT2D eigenvalue weighted by atomic mass is 32.2. The second-order valence-corrected chi connectivity index (χ2v) is 12.9. The maximum absolute atomic E-state index is 13.9. The van der Waals surface area contributed by atoms with Gasteiger partial charge in [-0.3, -0.25) is 9.59 Å². The molecule has 0 fully saturated rings. The molecule has 0 spiro atoms. The van der Waals surface area contributed by atoms with Crippen molar-refractivity contribution in [2.75, 3.05) is 12.9 Å². The predicted octanol–water partition coefficient (Wildman–Crippen LogP) is 8.36. The Hall–Kier alpha value is -4.26. The summed E-state index contributed by atoms with van der Waals surface area (Å²) in [6.07, 6.45) is 5.10. The van der Waals surface area contributed by atoms with Gasteiger partial charge in [0, 0.05) is 33.4 Å². The van der Waals surface area contributed by atoms with E-state index in [4.69, 9.17) is 21.4 Å². The van der Waals surface area contributed by atoms with Gasteiger partial charge in [0.15, 0.2) is 11.2 Å². The number of allylic oxidation sites excluding steroid dienone is 4. The SMILES string of the molecule is CCCc1c(SCC/C=C\C=C\[C@@H](c2c(C(=O)OC)oc3c(c2=O)C=CC(=S)C3)[C@@H](O)c2cccc(C(F)(F)F)c2)ccc(C(C)=O)c1O. The fraction of sp³-hybridized carbons (Fsp3) is 0.297.